The van der Waals surface area contributed by atoms with Gasteiger partial charge in [0.25, 0.3) is 0 Å². The SMILES string of the molecule is [O-][N+]([O-])=C1C=CC(=CC2=C(O)c3ccccc3CCC2)C=C1. The molecule has 0 atom stereocenters. The van der Waals surface area contributed by atoms with Crippen molar-refractivity contribution in [3.63, 3.8) is 0 Å². The summed E-state index contributed by atoms with van der Waals surface area (Å²) in [4.78, 5) is -0.414. The maximum atomic E-state index is 10.7. The first-order chi connectivity index (χ1) is 10.6. The van der Waals surface area contributed by atoms with Gasteiger partial charge in [0.1, 0.15) is 5.76 Å². The van der Waals surface area contributed by atoms with Gasteiger partial charge < -0.3 is 15.5 Å². The number of hydrogen-bond acceptors (Lipinski definition) is 3. The first-order valence-electron chi connectivity index (χ1n) is 7.25. The van der Waals surface area contributed by atoms with Crippen LogP contribution >= 0.6 is 0 Å². The Morgan fingerprint density at radius 3 is 2.45 bits per heavy atom. The van der Waals surface area contributed by atoms with Gasteiger partial charge in [0.05, 0.1) is 0 Å². The molecule has 0 radical (unpaired) electrons. The van der Waals surface area contributed by atoms with Crippen LogP contribution in [0.2, 0.25) is 0 Å². The third-order valence-electron chi connectivity index (χ3n) is 3.91. The fraction of sp³-hybridized carbons (Fsp3) is 0.167. The highest BCUT2D eigenvalue weighted by Crippen LogP contribution is 2.30. The second kappa shape index (κ2) is 5.93. The molecule has 2 aliphatic carbocycles. The van der Waals surface area contributed by atoms with E-state index in [1.165, 1.54) is 12.2 Å². The molecule has 0 unspecified atom stereocenters. The molecule has 2 aliphatic rings. The van der Waals surface area contributed by atoms with Crippen molar-refractivity contribution in [3.8, 4) is 0 Å². The molecule has 0 aliphatic heterocycles. The van der Waals surface area contributed by atoms with E-state index in [4.69, 9.17) is 0 Å². The van der Waals surface area contributed by atoms with Crippen LogP contribution in [-0.2, 0) is 6.42 Å². The number of aliphatic hydroxyl groups is 1. The minimum Gasteiger partial charge on any atom is -0.612 e. The Labute approximate surface area is 128 Å². The lowest BCUT2D eigenvalue weighted by Crippen LogP contribution is -2.06. The molecule has 22 heavy (non-hydrogen) atoms. The smallest absolute Gasteiger partial charge is 0.222 e. The third-order valence-corrected chi connectivity index (χ3v) is 3.91. The van der Waals surface area contributed by atoms with Gasteiger partial charge in [-0.25, -0.2) is 0 Å². The van der Waals surface area contributed by atoms with Gasteiger partial charge in [0, 0.05) is 17.7 Å². The summed E-state index contributed by atoms with van der Waals surface area (Å²) in [5.74, 6) is 0.312. The monoisotopic (exact) mass is 294 g/mol. The zero-order chi connectivity index (χ0) is 15.5. The number of aryl methyl sites for hydroxylation is 1. The lowest BCUT2D eigenvalue weighted by atomic mass is 10.0. The van der Waals surface area contributed by atoms with Gasteiger partial charge in [-0.15, -0.1) is 0 Å². The molecule has 112 valence electrons. The van der Waals surface area contributed by atoms with Crippen LogP contribution in [0.25, 0.3) is 5.76 Å². The molecular weight excluding hydrogens is 278 g/mol. The molecule has 0 fully saturated rings. The number of hydrogen-bond donors (Lipinski definition) is 1. The number of nitrogens with zero attached hydrogens (tertiary/aromatic N) is 1. The van der Waals surface area contributed by atoms with Gasteiger partial charge >= 0.3 is 0 Å². The third kappa shape index (κ3) is 2.81. The lowest BCUT2D eigenvalue weighted by Gasteiger charge is -2.09. The second-order valence-electron chi connectivity index (χ2n) is 5.38. The Balaban J connectivity index is 1.96. The minimum absolute atomic E-state index is 0.0709. The quantitative estimate of drug-likeness (QED) is 0.632. The molecule has 4 nitrogen and oxygen atoms in total. The Hall–Kier alpha value is -2.75. The van der Waals surface area contributed by atoms with Crippen molar-refractivity contribution in [2.24, 2.45) is 0 Å². The van der Waals surface area contributed by atoms with E-state index in [0.29, 0.717) is 5.76 Å². The lowest BCUT2D eigenvalue weighted by molar-refractivity contribution is -0.377. The first-order valence-corrected chi connectivity index (χ1v) is 7.25. The number of aliphatic hydroxyl groups excluding tert-OH is 1. The maximum Gasteiger partial charge on any atom is 0.222 e. The van der Waals surface area contributed by atoms with Crippen LogP contribution in [0.4, 0.5) is 0 Å². The van der Waals surface area contributed by atoms with Gasteiger partial charge in [-0.2, -0.15) is 4.90 Å². The van der Waals surface area contributed by atoms with E-state index >= 15 is 0 Å². The number of benzene rings is 1. The molecule has 0 spiro atoms. The predicted molar refractivity (Wildman–Crippen MR) is 87.3 cm³/mol. The molecule has 0 saturated carbocycles. The Morgan fingerprint density at radius 2 is 1.73 bits per heavy atom. The number of fused-ring (bicyclic) bond motifs is 1. The van der Waals surface area contributed by atoms with E-state index in [2.05, 4.69) is 0 Å². The van der Waals surface area contributed by atoms with Crippen LogP contribution in [0, 0.1) is 10.4 Å². The molecule has 3 rings (SSSR count). The summed E-state index contributed by atoms with van der Waals surface area (Å²) in [5.41, 5.74) is 3.84. The van der Waals surface area contributed by atoms with Gasteiger partial charge in [-0.05, 0) is 54.2 Å². The molecule has 0 heterocycles. The number of rotatable bonds is 1. The molecule has 0 saturated heterocycles. The molecule has 1 N–H and O–H groups in total. The van der Waals surface area contributed by atoms with Gasteiger partial charge in [-0.1, -0.05) is 24.3 Å². The first kappa shape index (κ1) is 14.2. The normalized spacial score (nSPS) is 17.3. The molecular formula is C18H16NO3-. The Morgan fingerprint density at radius 1 is 1.00 bits per heavy atom. The van der Waals surface area contributed by atoms with Crippen molar-refractivity contribution in [2.75, 3.05) is 0 Å². The molecule has 0 aromatic heterocycles. The van der Waals surface area contributed by atoms with Crippen LogP contribution in [0.5, 0.6) is 0 Å². The summed E-state index contributed by atoms with van der Waals surface area (Å²) in [6.07, 6.45) is 11.0. The maximum absolute atomic E-state index is 10.7. The highest BCUT2D eigenvalue weighted by molar-refractivity contribution is 6.02. The van der Waals surface area contributed by atoms with Crippen molar-refractivity contribution >= 4 is 11.5 Å². The van der Waals surface area contributed by atoms with Crippen LogP contribution in [-0.4, -0.2) is 15.7 Å². The number of allylic oxidation sites excluding steroid dienone is 7. The highest BCUT2D eigenvalue weighted by Gasteiger charge is 2.15. The largest absolute Gasteiger partial charge is 0.612 e. The Kier molecular flexibility index (Phi) is 3.83. The predicted octanol–water partition coefficient (Wildman–Crippen LogP) is 3.79. The fourth-order valence-corrected chi connectivity index (χ4v) is 2.76. The van der Waals surface area contributed by atoms with E-state index in [0.717, 1.165) is 41.5 Å². The molecule has 1 aromatic carbocycles. The summed E-state index contributed by atoms with van der Waals surface area (Å²) in [7, 11) is 0. The average molecular weight is 294 g/mol. The standard InChI is InChI=1S/C18H16NO3/c20-18-15(6-3-5-14-4-1-2-7-17(14)18)12-13-8-10-16(11-9-13)19(21)22/h1-2,4,7-12H,3,5-6H2,(H-,20,21,22)/q-1. The minimum atomic E-state index is -0.414. The van der Waals surface area contributed by atoms with Crippen LogP contribution in [0.15, 0.2) is 65.8 Å². The topological polar surface area (TPSA) is 69.4 Å². The summed E-state index contributed by atoms with van der Waals surface area (Å²) in [6.45, 7) is 0. The van der Waals surface area contributed by atoms with Crippen molar-refractivity contribution in [3.05, 3.63) is 87.3 Å². The van der Waals surface area contributed by atoms with Crippen LogP contribution in [0.3, 0.4) is 0 Å². The van der Waals surface area contributed by atoms with Gasteiger partial charge in [-0.3, -0.25) is 0 Å². The Bertz CT molecular complexity index is 729. The van der Waals surface area contributed by atoms with Crippen molar-refractivity contribution in [2.45, 2.75) is 19.3 Å². The molecule has 0 amide bonds. The van der Waals surface area contributed by atoms with E-state index in [9.17, 15) is 15.5 Å². The summed E-state index contributed by atoms with van der Waals surface area (Å²) in [5, 5.41) is 31.9. The summed E-state index contributed by atoms with van der Waals surface area (Å²) >= 11 is 0. The second-order valence-corrected chi connectivity index (χ2v) is 5.38. The van der Waals surface area contributed by atoms with Gasteiger partial charge in [0.2, 0.25) is 5.71 Å². The van der Waals surface area contributed by atoms with E-state index in [-0.39, 0.29) is 5.71 Å². The van der Waals surface area contributed by atoms with Crippen molar-refractivity contribution in [1.82, 2.24) is 0 Å². The average Bonchev–Trinajstić information content (AvgIpc) is 2.68. The van der Waals surface area contributed by atoms with E-state index < -0.39 is 4.90 Å². The van der Waals surface area contributed by atoms with E-state index in [1.54, 1.807) is 12.2 Å². The van der Waals surface area contributed by atoms with Crippen LogP contribution in [0.1, 0.15) is 24.0 Å². The fourth-order valence-electron chi connectivity index (χ4n) is 2.76. The molecule has 1 aromatic rings. The summed E-state index contributed by atoms with van der Waals surface area (Å²) < 4.78 is 0. The van der Waals surface area contributed by atoms with Crippen molar-refractivity contribution in [1.29, 1.82) is 0 Å². The summed E-state index contributed by atoms with van der Waals surface area (Å²) in [6, 6.07) is 7.88. The zero-order valence-electron chi connectivity index (χ0n) is 12.0. The molecule has 0 bridgehead atoms. The molecule has 4 heteroatoms. The zero-order valence-corrected chi connectivity index (χ0v) is 12.0. The highest BCUT2D eigenvalue weighted by atomic mass is 16.8. The van der Waals surface area contributed by atoms with E-state index in [1.807, 2.05) is 30.3 Å². The van der Waals surface area contributed by atoms with Crippen molar-refractivity contribution < 1.29 is 10.0 Å². The van der Waals surface area contributed by atoms with Gasteiger partial charge in [0.15, 0.2) is 0 Å². The van der Waals surface area contributed by atoms with Crippen LogP contribution < -0.4 is 0 Å².